The van der Waals surface area contributed by atoms with Gasteiger partial charge in [0.05, 0.1) is 42.9 Å². The number of hydrogen-bond donors (Lipinski definition) is 1. The van der Waals surface area contributed by atoms with Crippen LogP contribution in [0.25, 0.3) is 0 Å². The van der Waals surface area contributed by atoms with E-state index < -0.39 is 39.8 Å². The number of nitriles is 1. The Morgan fingerprint density at radius 1 is 1.07 bits per heavy atom. The molecule has 0 aliphatic carbocycles. The van der Waals surface area contributed by atoms with Crippen LogP contribution in [0.4, 0.5) is 20.2 Å². The third kappa shape index (κ3) is 5.36. The molecule has 1 N–H and O–H groups in total. The van der Waals surface area contributed by atoms with E-state index >= 15 is 8.78 Å². The summed E-state index contributed by atoms with van der Waals surface area (Å²) in [5, 5.41) is 16.7. The highest BCUT2D eigenvalue weighted by atomic mass is 35.5. The van der Waals surface area contributed by atoms with Gasteiger partial charge in [-0.15, -0.1) is 0 Å². The number of carbonyl (C=O) groups is 2. The lowest BCUT2D eigenvalue weighted by Gasteiger charge is -2.37. The fourth-order valence-electron chi connectivity index (χ4n) is 5.78. The minimum absolute atomic E-state index is 0.00786. The highest BCUT2D eigenvalue weighted by Crippen LogP contribution is 2.41. The van der Waals surface area contributed by atoms with E-state index in [1.54, 1.807) is 0 Å². The van der Waals surface area contributed by atoms with Crippen molar-refractivity contribution in [3.8, 4) is 11.8 Å². The molecule has 3 aromatic carbocycles. The van der Waals surface area contributed by atoms with Crippen LogP contribution in [0.5, 0.6) is 5.75 Å². The van der Waals surface area contributed by atoms with Gasteiger partial charge in [-0.25, -0.2) is 8.42 Å². The average Bonchev–Trinajstić information content (AvgIpc) is 3.66. The molecule has 0 radical (unpaired) electrons. The second kappa shape index (κ2) is 11.5. The van der Waals surface area contributed by atoms with Gasteiger partial charge in [-0.1, -0.05) is 35.9 Å². The third-order valence-corrected chi connectivity index (χ3v) is 9.59. The average molecular weight is 667 g/mol. The molecule has 3 heterocycles. The second-order valence-corrected chi connectivity index (χ2v) is 13.3. The Morgan fingerprint density at radius 3 is 2.30 bits per heavy atom. The number of methoxy groups -OCH3 is 1. The van der Waals surface area contributed by atoms with Gasteiger partial charge in [-0.3, -0.25) is 14.3 Å². The van der Waals surface area contributed by atoms with Crippen LogP contribution in [-0.2, 0) is 15.9 Å². The van der Waals surface area contributed by atoms with E-state index in [-0.39, 0.29) is 58.2 Å². The van der Waals surface area contributed by atoms with Crippen molar-refractivity contribution in [2.75, 3.05) is 36.7 Å². The van der Waals surface area contributed by atoms with Gasteiger partial charge in [0.1, 0.15) is 11.8 Å². The van der Waals surface area contributed by atoms with Gasteiger partial charge in [0.2, 0.25) is 10.0 Å². The summed E-state index contributed by atoms with van der Waals surface area (Å²) in [6.45, 7) is -0.0617. The van der Waals surface area contributed by atoms with Crippen LogP contribution in [0.3, 0.4) is 0 Å². The van der Waals surface area contributed by atoms with E-state index in [1.807, 2.05) is 6.07 Å². The van der Waals surface area contributed by atoms with Crippen molar-refractivity contribution in [2.45, 2.75) is 18.0 Å². The largest absolute Gasteiger partial charge is 0.495 e. The van der Waals surface area contributed by atoms with Gasteiger partial charge in [-0.05, 0) is 42.5 Å². The molecule has 2 atom stereocenters. The van der Waals surface area contributed by atoms with Gasteiger partial charge in [0, 0.05) is 40.5 Å². The van der Waals surface area contributed by atoms with Crippen molar-refractivity contribution in [3.63, 3.8) is 0 Å². The summed E-state index contributed by atoms with van der Waals surface area (Å²) in [6.07, 6.45) is 2.35. The molecular formula is C31H25ClF2N6O5S. The number of aromatic nitrogens is 2. The van der Waals surface area contributed by atoms with Crippen LogP contribution >= 0.6 is 11.6 Å². The summed E-state index contributed by atoms with van der Waals surface area (Å²) in [4.78, 5) is 28.7. The second-order valence-electron chi connectivity index (χ2n) is 10.9. The third-order valence-electron chi connectivity index (χ3n) is 8.10. The summed E-state index contributed by atoms with van der Waals surface area (Å²) >= 11 is 5.86. The number of amides is 2. The summed E-state index contributed by atoms with van der Waals surface area (Å²) in [7, 11) is -2.27. The first-order valence-electron chi connectivity index (χ1n) is 13.8. The van der Waals surface area contributed by atoms with Gasteiger partial charge in [-0.2, -0.15) is 23.4 Å². The number of sulfonamides is 1. The molecule has 236 valence electrons. The molecule has 1 fully saturated rings. The Hall–Kier alpha value is -4.84. The van der Waals surface area contributed by atoms with E-state index in [0.717, 1.165) is 6.26 Å². The molecule has 15 heteroatoms. The molecular weight excluding hydrogens is 642 g/mol. The quantitative estimate of drug-likeness (QED) is 0.303. The van der Waals surface area contributed by atoms with Crippen LogP contribution in [0.2, 0.25) is 5.02 Å². The zero-order chi connectivity index (χ0) is 33.0. The lowest BCUT2D eigenvalue weighted by Crippen LogP contribution is -2.51. The maximum absolute atomic E-state index is 15.4. The number of halogens is 3. The lowest BCUT2D eigenvalue weighted by molar-refractivity contribution is 0.0428. The first-order valence-corrected chi connectivity index (χ1v) is 16.1. The molecule has 6 rings (SSSR count). The van der Waals surface area contributed by atoms with Crippen LogP contribution in [0, 0.1) is 11.3 Å². The first-order chi connectivity index (χ1) is 21.8. The maximum Gasteiger partial charge on any atom is 0.298 e. The number of alkyl halides is 2. The molecule has 1 saturated heterocycles. The highest BCUT2D eigenvalue weighted by Gasteiger charge is 2.50. The molecule has 1 aromatic heterocycles. The topological polar surface area (TPSA) is 138 Å². The van der Waals surface area contributed by atoms with Crippen LogP contribution in [0.1, 0.15) is 43.6 Å². The number of hydrogen-bond acceptors (Lipinski definition) is 7. The maximum atomic E-state index is 15.4. The van der Waals surface area contributed by atoms with Crippen LogP contribution in [0.15, 0.2) is 72.9 Å². The summed E-state index contributed by atoms with van der Waals surface area (Å²) in [6, 6.07) is 15.2. The number of ether oxygens (including phenoxy) is 1. The number of nitrogens with zero attached hydrogens (tertiary/aromatic N) is 5. The number of benzene rings is 3. The van der Waals surface area contributed by atoms with E-state index in [1.165, 1.54) is 93.9 Å². The van der Waals surface area contributed by atoms with Crippen molar-refractivity contribution in [1.82, 2.24) is 14.1 Å². The predicted octanol–water partition coefficient (Wildman–Crippen LogP) is 4.65. The number of carbonyl (C=O) groups excluding carboxylic acids is 2. The van der Waals surface area contributed by atoms with E-state index in [4.69, 9.17) is 16.3 Å². The smallest absolute Gasteiger partial charge is 0.298 e. The van der Waals surface area contributed by atoms with Crippen LogP contribution in [-0.4, -0.2) is 66.8 Å². The number of nitrogens with one attached hydrogen (secondary N) is 1. The lowest BCUT2D eigenvalue weighted by atomic mass is 9.99. The molecule has 4 aromatic rings. The summed E-state index contributed by atoms with van der Waals surface area (Å²) in [5.41, 5.74) is -0.0410. The predicted molar refractivity (Wildman–Crippen MR) is 165 cm³/mol. The Morgan fingerprint density at radius 2 is 1.70 bits per heavy atom. The van der Waals surface area contributed by atoms with Crippen molar-refractivity contribution in [1.29, 1.82) is 5.26 Å². The SMILES string of the molecule is COc1ccc(C(=O)Nc2cnn3c2C(=O)N(c2ccc(C(F)(F)c4ccc(Cl)cc4)cc2)[C@H]2CN(S(C)(=O)=O)C[C@@H]23)cc1C#N. The molecule has 0 unspecified atom stereocenters. The number of anilines is 2. The Balaban J connectivity index is 1.36. The molecule has 46 heavy (non-hydrogen) atoms. The zero-order valence-corrected chi connectivity index (χ0v) is 25.9. The van der Waals surface area contributed by atoms with E-state index in [2.05, 4.69) is 10.4 Å². The van der Waals surface area contributed by atoms with Crippen LogP contribution < -0.4 is 15.0 Å². The van der Waals surface area contributed by atoms with Gasteiger partial charge < -0.3 is 15.0 Å². The number of rotatable bonds is 7. The van der Waals surface area contributed by atoms with E-state index in [9.17, 15) is 23.3 Å². The van der Waals surface area contributed by atoms with Crippen molar-refractivity contribution >= 4 is 44.8 Å². The molecule has 0 saturated carbocycles. The first kappa shape index (κ1) is 31.2. The summed E-state index contributed by atoms with van der Waals surface area (Å²) < 4.78 is 63.5. The fourth-order valence-corrected chi connectivity index (χ4v) is 6.75. The minimum atomic E-state index is -3.67. The Kier molecular flexibility index (Phi) is 7.79. The normalized spacial score (nSPS) is 18.1. The number of fused-ring (bicyclic) bond motifs is 3. The monoisotopic (exact) mass is 666 g/mol. The summed E-state index contributed by atoms with van der Waals surface area (Å²) in [5.74, 6) is -4.32. The Labute approximate surface area is 267 Å². The molecule has 11 nitrogen and oxygen atoms in total. The molecule has 2 aliphatic rings. The van der Waals surface area contributed by atoms with Crippen molar-refractivity contribution < 1.29 is 31.5 Å². The zero-order valence-electron chi connectivity index (χ0n) is 24.3. The Bertz CT molecular complexity index is 2010. The van der Waals surface area contributed by atoms with Gasteiger partial charge >= 0.3 is 0 Å². The molecule has 2 aliphatic heterocycles. The van der Waals surface area contributed by atoms with Crippen molar-refractivity contribution in [3.05, 3.63) is 106 Å². The molecule has 2 amide bonds. The molecule has 0 bridgehead atoms. The standard InChI is InChI=1S/C31H25ClF2N6O5S/c1-45-27-12-3-18(13-19(27)14-35)29(41)37-24-15-36-40-26-17-38(46(2,43)44)16-25(26)39(30(42)28(24)40)23-10-6-21(7-11-23)31(33,34)20-4-8-22(32)9-5-20/h3-13,15,25-26H,16-17H2,1-2H3,(H,37,41)/t25-,26-/m0/s1. The van der Waals surface area contributed by atoms with Gasteiger partial charge in [0.25, 0.3) is 17.7 Å². The van der Waals surface area contributed by atoms with E-state index in [0.29, 0.717) is 5.02 Å². The van der Waals surface area contributed by atoms with Gasteiger partial charge in [0.15, 0.2) is 5.69 Å². The fraction of sp³-hybridized carbons (Fsp3) is 0.226. The van der Waals surface area contributed by atoms with Crippen molar-refractivity contribution in [2.24, 2.45) is 0 Å². The minimum Gasteiger partial charge on any atom is -0.495 e. The molecule has 0 spiro atoms. The highest BCUT2D eigenvalue weighted by molar-refractivity contribution is 7.88.